The van der Waals surface area contributed by atoms with Gasteiger partial charge in [-0.3, -0.25) is 4.79 Å². The van der Waals surface area contributed by atoms with Crippen molar-refractivity contribution in [3.05, 3.63) is 0 Å². The number of nitrogens with one attached hydrogen (secondary N) is 2. The lowest BCUT2D eigenvalue weighted by Gasteiger charge is -2.14. The summed E-state index contributed by atoms with van der Waals surface area (Å²) in [6.45, 7) is -0.748. The van der Waals surface area contributed by atoms with E-state index in [2.05, 4.69) is 0 Å². The molecule has 0 bridgehead atoms. The first-order valence-corrected chi connectivity index (χ1v) is 4.04. The fourth-order valence-electron chi connectivity index (χ4n) is 1.08. The topological polar surface area (TPSA) is 78.4 Å². The second kappa shape index (κ2) is 3.77. The van der Waals surface area contributed by atoms with Gasteiger partial charge in [-0.2, -0.15) is 0 Å². The van der Waals surface area contributed by atoms with Gasteiger partial charge in [0.1, 0.15) is 5.54 Å². The van der Waals surface area contributed by atoms with E-state index >= 15 is 0 Å². The lowest BCUT2D eigenvalue weighted by molar-refractivity contribution is -0.124. The van der Waals surface area contributed by atoms with E-state index in [1.165, 1.54) is 0 Å². The molecule has 1 fully saturated rings. The van der Waals surface area contributed by atoms with E-state index in [0.717, 1.165) is 0 Å². The lowest BCUT2D eigenvalue weighted by Crippen LogP contribution is -2.49. The molecule has 1 saturated carbocycles. The predicted octanol–water partition coefficient (Wildman–Crippen LogP) is 0.168. The van der Waals surface area contributed by atoms with Gasteiger partial charge in [0.15, 0.2) is 0 Å². The molecular formula is C7H10F2N2O3. The molecule has 0 aliphatic heterocycles. The quantitative estimate of drug-likeness (QED) is 0.616. The summed E-state index contributed by atoms with van der Waals surface area (Å²) in [6.07, 6.45) is -3.24. The minimum atomic E-state index is -2.63. The second-order valence-electron chi connectivity index (χ2n) is 3.11. The zero-order valence-electron chi connectivity index (χ0n) is 7.22. The Labute approximate surface area is 78.5 Å². The van der Waals surface area contributed by atoms with Crippen LogP contribution in [0.5, 0.6) is 0 Å². The lowest BCUT2D eigenvalue weighted by atomic mass is 10.2. The zero-order chi connectivity index (χ0) is 10.8. The van der Waals surface area contributed by atoms with Crippen LogP contribution in [0.1, 0.15) is 12.8 Å². The van der Waals surface area contributed by atoms with Crippen molar-refractivity contribution in [3.63, 3.8) is 0 Å². The van der Waals surface area contributed by atoms with Gasteiger partial charge in [-0.15, -0.1) is 0 Å². The molecule has 5 nitrogen and oxygen atoms in total. The molecular weight excluding hydrogens is 198 g/mol. The van der Waals surface area contributed by atoms with Crippen LogP contribution in [-0.4, -0.2) is 35.6 Å². The van der Waals surface area contributed by atoms with Crippen molar-refractivity contribution in [3.8, 4) is 0 Å². The minimum absolute atomic E-state index is 0.356. The Balaban J connectivity index is 2.40. The fourth-order valence-corrected chi connectivity index (χ4v) is 1.08. The Morgan fingerprint density at radius 3 is 2.36 bits per heavy atom. The number of carbonyl (C=O) groups excluding carboxylic acids is 1. The van der Waals surface area contributed by atoms with Crippen LogP contribution in [0, 0.1) is 0 Å². The summed E-state index contributed by atoms with van der Waals surface area (Å²) in [7, 11) is 0. The summed E-state index contributed by atoms with van der Waals surface area (Å²) < 4.78 is 23.4. The summed E-state index contributed by atoms with van der Waals surface area (Å²) in [6, 6.07) is 0. The molecule has 0 spiro atoms. The van der Waals surface area contributed by atoms with Crippen molar-refractivity contribution < 1.29 is 23.5 Å². The number of halogens is 2. The van der Waals surface area contributed by atoms with E-state index in [4.69, 9.17) is 5.11 Å². The fraction of sp³-hybridized carbons (Fsp3) is 0.714. The van der Waals surface area contributed by atoms with Crippen molar-refractivity contribution in [2.45, 2.75) is 24.8 Å². The van der Waals surface area contributed by atoms with Crippen LogP contribution in [0.3, 0.4) is 0 Å². The Morgan fingerprint density at radius 2 is 2.00 bits per heavy atom. The highest BCUT2D eigenvalue weighted by Crippen LogP contribution is 2.35. The van der Waals surface area contributed by atoms with Crippen LogP contribution in [0.4, 0.5) is 13.6 Å². The van der Waals surface area contributed by atoms with Gasteiger partial charge in [-0.25, -0.2) is 13.6 Å². The summed E-state index contributed by atoms with van der Waals surface area (Å²) in [4.78, 5) is 21.5. The van der Waals surface area contributed by atoms with E-state index in [1.54, 1.807) is 0 Å². The number of hydrogen-bond acceptors (Lipinski definition) is 2. The average molecular weight is 208 g/mol. The molecule has 2 amide bonds. The Kier molecular flexibility index (Phi) is 2.87. The molecule has 7 heteroatoms. The Hall–Kier alpha value is -1.40. The summed E-state index contributed by atoms with van der Waals surface area (Å²) >= 11 is 0. The van der Waals surface area contributed by atoms with Crippen LogP contribution < -0.4 is 10.6 Å². The number of amides is 2. The van der Waals surface area contributed by atoms with Crippen molar-refractivity contribution in [1.82, 2.24) is 10.6 Å². The van der Waals surface area contributed by atoms with E-state index in [1.807, 2.05) is 10.6 Å². The molecule has 0 aromatic heterocycles. The van der Waals surface area contributed by atoms with Crippen molar-refractivity contribution in [2.75, 3.05) is 6.54 Å². The van der Waals surface area contributed by atoms with Crippen molar-refractivity contribution >= 4 is 12.0 Å². The van der Waals surface area contributed by atoms with E-state index in [9.17, 15) is 18.4 Å². The van der Waals surface area contributed by atoms with Crippen LogP contribution >= 0.6 is 0 Å². The van der Waals surface area contributed by atoms with Crippen LogP contribution in [-0.2, 0) is 4.79 Å². The maximum atomic E-state index is 11.7. The maximum Gasteiger partial charge on any atom is 0.405 e. The number of hydrogen-bond donors (Lipinski definition) is 3. The third kappa shape index (κ3) is 2.54. The van der Waals surface area contributed by atoms with Crippen molar-refractivity contribution in [1.29, 1.82) is 0 Å². The van der Waals surface area contributed by atoms with Crippen LogP contribution in [0.15, 0.2) is 0 Å². The highest BCUT2D eigenvalue weighted by molar-refractivity contribution is 5.92. The van der Waals surface area contributed by atoms with Gasteiger partial charge < -0.3 is 15.7 Å². The van der Waals surface area contributed by atoms with E-state index in [-0.39, 0.29) is 0 Å². The molecule has 1 aliphatic rings. The summed E-state index contributed by atoms with van der Waals surface area (Å²) in [5, 5.41) is 12.4. The second-order valence-corrected chi connectivity index (χ2v) is 3.11. The highest BCUT2D eigenvalue weighted by Gasteiger charge is 2.51. The molecule has 0 heterocycles. The molecule has 0 atom stereocenters. The predicted molar refractivity (Wildman–Crippen MR) is 42.1 cm³/mol. The first-order chi connectivity index (χ1) is 6.46. The molecule has 3 N–H and O–H groups in total. The average Bonchev–Trinajstić information content (AvgIpc) is 2.80. The molecule has 0 saturated heterocycles. The van der Waals surface area contributed by atoms with Gasteiger partial charge in [-0.1, -0.05) is 0 Å². The van der Waals surface area contributed by atoms with Crippen LogP contribution in [0.2, 0.25) is 0 Å². The standard InChI is InChI=1S/C7H10F2N2O3/c8-4(9)3-10-5(12)7(1-2-7)11-6(13)14/h4,11H,1-3H2,(H,10,12)(H,13,14). The third-order valence-electron chi connectivity index (χ3n) is 1.95. The highest BCUT2D eigenvalue weighted by atomic mass is 19.3. The summed E-state index contributed by atoms with van der Waals surface area (Å²) in [5.41, 5.74) is -1.17. The van der Waals surface area contributed by atoms with Gasteiger partial charge in [0.2, 0.25) is 5.91 Å². The minimum Gasteiger partial charge on any atom is -0.465 e. The largest absolute Gasteiger partial charge is 0.465 e. The van der Waals surface area contributed by atoms with Crippen molar-refractivity contribution in [2.24, 2.45) is 0 Å². The van der Waals surface area contributed by atoms with E-state index in [0.29, 0.717) is 12.8 Å². The molecule has 1 aliphatic carbocycles. The van der Waals surface area contributed by atoms with Gasteiger partial charge in [-0.05, 0) is 12.8 Å². The van der Waals surface area contributed by atoms with Gasteiger partial charge in [0.25, 0.3) is 6.43 Å². The molecule has 80 valence electrons. The normalized spacial score (nSPS) is 17.6. The molecule has 1 rings (SSSR count). The molecule has 0 radical (unpaired) electrons. The summed E-state index contributed by atoms with van der Waals surface area (Å²) in [5.74, 6) is -0.680. The number of carbonyl (C=O) groups is 2. The maximum absolute atomic E-state index is 11.7. The Bertz CT molecular complexity index is 253. The molecule has 0 unspecified atom stereocenters. The molecule has 0 aromatic rings. The first kappa shape index (κ1) is 10.7. The van der Waals surface area contributed by atoms with Gasteiger partial charge in [0.05, 0.1) is 6.54 Å². The van der Waals surface area contributed by atoms with E-state index < -0.39 is 30.5 Å². The van der Waals surface area contributed by atoms with Crippen LogP contribution in [0.25, 0.3) is 0 Å². The Morgan fingerprint density at radius 1 is 1.43 bits per heavy atom. The SMILES string of the molecule is O=C(O)NC1(C(=O)NCC(F)F)CC1. The monoisotopic (exact) mass is 208 g/mol. The number of alkyl halides is 2. The van der Waals surface area contributed by atoms with Gasteiger partial charge >= 0.3 is 6.09 Å². The zero-order valence-corrected chi connectivity index (χ0v) is 7.22. The number of rotatable bonds is 4. The van der Waals surface area contributed by atoms with Gasteiger partial charge in [0, 0.05) is 0 Å². The smallest absolute Gasteiger partial charge is 0.405 e. The molecule has 0 aromatic carbocycles. The third-order valence-corrected chi connectivity index (χ3v) is 1.95. The number of carboxylic acid groups (broad SMARTS) is 1. The first-order valence-electron chi connectivity index (χ1n) is 4.04. The molecule has 14 heavy (non-hydrogen) atoms.